The zero-order valence-corrected chi connectivity index (χ0v) is 29.6. The van der Waals surface area contributed by atoms with E-state index in [1.807, 2.05) is 6.07 Å². The molecule has 0 aliphatic heterocycles. The maximum Gasteiger partial charge on any atom is 0.137 e. The Kier molecular flexibility index (Phi) is 7.85. The van der Waals surface area contributed by atoms with Crippen LogP contribution in [-0.4, -0.2) is 0 Å². The molecule has 2 heteroatoms. The zero-order chi connectivity index (χ0) is 35.8. The van der Waals surface area contributed by atoms with Crippen molar-refractivity contribution in [3.63, 3.8) is 0 Å². The van der Waals surface area contributed by atoms with Gasteiger partial charge in [-0.3, -0.25) is 0 Å². The lowest BCUT2D eigenvalue weighted by molar-refractivity contribution is 0.669. The van der Waals surface area contributed by atoms with Crippen LogP contribution in [0.5, 0.6) is 0 Å². The minimum Gasteiger partial charge on any atom is -0.456 e. The van der Waals surface area contributed by atoms with Gasteiger partial charge in [0.25, 0.3) is 0 Å². The Labute approximate surface area is 314 Å². The number of para-hydroxylation sites is 2. The molecule has 0 unspecified atom stereocenters. The van der Waals surface area contributed by atoms with Gasteiger partial charge in [-0.25, -0.2) is 0 Å². The second kappa shape index (κ2) is 13.4. The first-order valence-corrected chi connectivity index (χ1v) is 18.4. The molecule has 2 nitrogen and oxygen atoms in total. The van der Waals surface area contributed by atoms with E-state index < -0.39 is 0 Å². The van der Waals surface area contributed by atoms with E-state index in [-0.39, 0.29) is 0 Å². The van der Waals surface area contributed by atoms with Crippen molar-refractivity contribution in [3.05, 3.63) is 212 Å². The molecule has 0 atom stereocenters. The summed E-state index contributed by atoms with van der Waals surface area (Å²) in [6.45, 7) is 0. The van der Waals surface area contributed by atoms with Crippen LogP contribution < -0.4 is 4.90 Å². The normalized spacial score (nSPS) is 11.3. The van der Waals surface area contributed by atoms with Crippen LogP contribution in [0.25, 0.3) is 77.2 Å². The van der Waals surface area contributed by atoms with Gasteiger partial charge < -0.3 is 9.32 Å². The highest BCUT2D eigenvalue weighted by Crippen LogP contribution is 2.50. The molecule has 1 aromatic heterocycles. The Bertz CT molecular complexity index is 2940. The molecule has 0 N–H and O–H groups in total. The van der Waals surface area contributed by atoms with Gasteiger partial charge in [0.1, 0.15) is 11.2 Å². The molecular formula is C52H35NO. The molecule has 1 heterocycles. The van der Waals surface area contributed by atoms with Crippen molar-refractivity contribution in [2.45, 2.75) is 0 Å². The standard InChI is InChI=1S/C52H35NO/c1-3-18-37(19-4-1)41-23-9-10-25-44(41)51-42(38-20-5-2-6-21-38)27-15-28-45(51)43-24-11-13-29-47(43)53(40-34-33-36-17-7-8-22-39(36)35-40)48-30-16-32-50-52(48)46-26-12-14-31-49(46)54-50/h1-35H. The molecule has 9 aromatic carbocycles. The Morgan fingerprint density at radius 2 is 0.889 bits per heavy atom. The summed E-state index contributed by atoms with van der Waals surface area (Å²) in [5.74, 6) is 0. The summed E-state index contributed by atoms with van der Waals surface area (Å²) in [7, 11) is 0. The quantitative estimate of drug-likeness (QED) is 0.166. The molecule has 54 heavy (non-hydrogen) atoms. The van der Waals surface area contributed by atoms with Crippen molar-refractivity contribution in [2.75, 3.05) is 4.90 Å². The molecular weight excluding hydrogens is 655 g/mol. The second-order valence-corrected chi connectivity index (χ2v) is 13.6. The number of furan rings is 1. The van der Waals surface area contributed by atoms with E-state index in [1.54, 1.807) is 0 Å². The summed E-state index contributed by atoms with van der Waals surface area (Å²) in [6.07, 6.45) is 0. The summed E-state index contributed by atoms with van der Waals surface area (Å²) in [5, 5.41) is 4.57. The van der Waals surface area contributed by atoms with E-state index in [4.69, 9.17) is 4.42 Å². The number of rotatable bonds is 7. The lowest BCUT2D eigenvalue weighted by Gasteiger charge is -2.30. The average molecular weight is 690 g/mol. The minimum atomic E-state index is 0.862. The summed E-state index contributed by atoms with van der Waals surface area (Å²) in [4.78, 5) is 2.42. The third-order valence-electron chi connectivity index (χ3n) is 10.5. The summed E-state index contributed by atoms with van der Waals surface area (Å²) in [6, 6.07) is 76.0. The third-order valence-corrected chi connectivity index (χ3v) is 10.5. The molecule has 0 saturated carbocycles. The van der Waals surface area contributed by atoms with Crippen molar-refractivity contribution in [2.24, 2.45) is 0 Å². The molecule has 0 spiro atoms. The fourth-order valence-electron chi connectivity index (χ4n) is 8.06. The number of fused-ring (bicyclic) bond motifs is 4. The predicted molar refractivity (Wildman–Crippen MR) is 228 cm³/mol. The Hall–Kier alpha value is -7.16. The van der Waals surface area contributed by atoms with Crippen LogP contribution in [0.4, 0.5) is 17.1 Å². The van der Waals surface area contributed by atoms with Crippen molar-refractivity contribution < 1.29 is 4.42 Å². The van der Waals surface area contributed by atoms with Crippen molar-refractivity contribution in [3.8, 4) is 44.5 Å². The molecule has 0 amide bonds. The maximum absolute atomic E-state index is 6.47. The van der Waals surface area contributed by atoms with Crippen LogP contribution in [0.3, 0.4) is 0 Å². The predicted octanol–water partition coefficient (Wildman–Crippen LogP) is 14.9. The molecule has 0 saturated heterocycles. The maximum atomic E-state index is 6.47. The average Bonchev–Trinajstić information content (AvgIpc) is 3.64. The SMILES string of the molecule is c1ccc(-c2ccccc2-c2c(-c3ccccc3)cccc2-c2ccccc2N(c2ccc3ccccc3c2)c2cccc3oc4ccccc4c23)cc1. The van der Waals surface area contributed by atoms with E-state index in [2.05, 4.69) is 211 Å². The van der Waals surface area contributed by atoms with Gasteiger partial charge in [0.15, 0.2) is 0 Å². The van der Waals surface area contributed by atoms with Crippen molar-refractivity contribution in [1.82, 2.24) is 0 Å². The largest absolute Gasteiger partial charge is 0.456 e. The van der Waals surface area contributed by atoms with Gasteiger partial charge in [-0.1, -0.05) is 176 Å². The molecule has 10 aromatic rings. The highest BCUT2D eigenvalue weighted by atomic mass is 16.3. The van der Waals surface area contributed by atoms with Crippen LogP contribution in [0.15, 0.2) is 217 Å². The Balaban J connectivity index is 1.29. The molecule has 0 aliphatic carbocycles. The molecule has 0 aliphatic rings. The van der Waals surface area contributed by atoms with E-state index in [0.29, 0.717) is 0 Å². The van der Waals surface area contributed by atoms with Gasteiger partial charge in [0, 0.05) is 16.6 Å². The topological polar surface area (TPSA) is 16.4 Å². The molecule has 0 fully saturated rings. The van der Waals surface area contributed by atoms with Gasteiger partial charge in [-0.15, -0.1) is 0 Å². The smallest absolute Gasteiger partial charge is 0.137 e. The number of benzene rings is 9. The highest BCUT2D eigenvalue weighted by Gasteiger charge is 2.25. The summed E-state index contributed by atoms with van der Waals surface area (Å²) >= 11 is 0. The van der Waals surface area contributed by atoms with E-state index >= 15 is 0 Å². The monoisotopic (exact) mass is 689 g/mol. The van der Waals surface area contributed by atoms with E-state index in [9.17, 15) is 0 Å². The van der Waals surface area contributed by atoms with Crippen LogP contribution in [0.2, 0.25) is 0 Å². The first-order valence-electron chi connectivity index (χ1n) is 18.4. The Morgan fingerprint density at radius 1 is 0.333 bits per heavy atom. The summed E-state index contributed by atoms with van der Waals surface area (Å²) < 4.78 is 6.47. The van der Waals surface area contributed by atoms with Crippen LogP contribution >= 0.6 is 0 Å². The van der Waals surface area contributed by atoms with E-state index in [1.165, 1.54) is 44.2 Å². The number of nitrogens with zero attached hydrogens (tertiary/aromatic N) is 1. The van der Waals surface area contributed by atoms with Gasteiger partial charge >= 0.3 is 0 Å². The lowest BCUT2D eigenvalue weighted by Crippen LogP contribution is -2.12. The van der Waals surface area contributed by atoms with E-state index in [0.717, 1.165) is 50.1 Å². The Morgan fingerprint density at radius 3 is 1.70 bits per heavy atom. The van der Waals surface area contributed by atoms with Gasteiger partial charge in [0.05, 0.1) is 16.8 Å². The second-order valence-electron chi connectivity index (χ2n) is 13.6. The van der Waals surface area contributed by atoms with Gasteiger partial charge in [-0.05, 0) is 86.1 Å². The molecule has 254 valence electrons. The number of anilines is 3. The van der Waals surface area contributed by atoms with Crippen LogP contribution in [0.1, 0.15) is 0 Å². The zero-order valence-electron chi connectivity index (χ0n) is 29.6. The minimum absolute atomic E-state index is 0.862. The van der Waals surface area contributed by atoms with Crippen molar-refractivity contribution in [1.29, 1.82) is 0 Å². The van der Waals surface area contributed by atoms with Crippen LogP contribution in [-0.2, 0) is 0 Å². The first-order chi connectivity index (χ1) is 26.8. The summed E-state index contributed by atoms with van der Waals surface area (Å²) in [5.41, 5.74) is 14.4. The molecule has 0 bridgehead atoms. The number of hydrogen-bond acceptors (Lipinski definition) is 2. The fraction of sp³-hybridized carbons (Fsp3) is 0. The molecule has 0 radical (unpaired) electrons. The molecule has 10 rings (SSSR count). The highest BCUT2D eigenvalue weighted by molar-refractivity contribution is 6.14. The first kappa shape index (κ1) is 31.6. The van der Waals surface area contributed by atoms with Crippen molar-refractivity contribution >= 4 is 49.8 Å². The fourth-order valence-corrected chi connectivity index (χ4v) is 8.06. The van der Waals surface area contributed by atoms with Gasteiger partial charge in [0.2, 0.25) is 0 Å². The van der Waals surface area contributed by atoms with Crippen LogP contribution in [0, 0.1) is 0 Å². The lowest BCUT2D eigenvalue weighted by atomic mass is 9.84. The van der Waals surface area contributed by atoms with Gasteiger partial charge in [-0.2, -0.15) is 0 Å². The third kappa shape index (κ3) is 5.44. The number of hydrogen-bond donors (Lipinski definition) is 0.